The van der Waals surface area contributed by atoms with E-state index in [9.17, 15) is 9.59 Å². The van der Waals surface area contributed by atoms with Gasteiger partial charge in [0.05, 0.1) is 6.54 Å². The third-order valence-electron chi connectivity index (χ3n) is 5.66. The lowest BCUT2D eigenvalue weighted by Crippen LogP contribution is -2.59. The van der Waals surface area contributed by atoms with E-state index in [0.29, 0.717) is 18.8 Å². The Hall–Kier alpha value is -3.03. The molecule has 0 bridgehead atoms. The van der Waals surface area contributed by atoms with E-state index in [4.69, 9.17) is 9.97 Å². The Morgan fingerprint density at radius 2 is 1.93 bits per heavy atom. The van der Waals surface area contributed by atoms with Gasteiger partial charge in [-0.25, -0.2) is 14.8 Å². The van der Waals surface area contributed by atoms with Gasteiger partial charge in [0.15, 0.2) is 5.82 Å². The van der Waals surface area contributed by atoms with Crippen molar-refractivity contribution in [3.63, 3.8) is 0 Å². The second kappa shape index (κ2) is 6.00. The number of aromatic nitrogens is 3. The molecule has 1 aliphatic carbocycles. The van der Waals surface area contributed by atoms with Crippen molar-refractivity contribution in [1.82, 2.24) is 25.6 Å². The third-order valence-corrected chi connectivity index (χ3v) is 5.66. The molecule has 2 N–H and O–H groups in total. The summed E-state index contributed by atoms with van der Waals surface area (Å²) in [6, 6.07) is 3.40. The molecule has 1 atom stereocenters. The number of imide groups is 1. The zero-order valence-electron chi connectivity index (χ0n) is 14.9. The molecule has 8 nitrogen and oxygen atoms in total. The highest BCUT2D eigenvalue weighted by molar-refractivity contribution is 6.07. The number of aryl methyl sites for hydroxylation is 1. The first-order chi connectivity index (χ1) is 13.1. The molecule has 2 aromatic heterocycles. The molecule has 4 heterocycles. The maximum Gasteiger partial charge on any atom is 0.322 e. The number of hydrogen-bond donors (Lipinski definition) is 2. The number of carbonyl (C=O) groups excluding carboxylic acids is 2. The Morgan fingerprint density at radius 3 is 2.70 bits per heavy atom. The van der Waals surface area contributed by atoms with Gasteiger partial charge in [-0.2, -0.15) is 0 Å². The topological polar surface area (TPSA) is 100 Å². The largest absolute Gasteiger partial charge is 0.353 e. The van der Waals surface area contributed by atoms with Crippen LogP contribution in [0.3, 0.4) is 0 Å². The molecular weight excluding hydrogens is 344 g/mol. The van der Waals surface area contributed by atoms with Crippen LogP contribution in [0, 0.1) is 0 Å². The number of pyridine rings is 1. The van der Waals surface area contributed by atoms with Crippen LogP contribution in [0.25, 0.3) is 11.4 Å². The Morgan fingerprint density at radius 1 is 1.07 bits per heavy atom. The van der Waals surface area contributed by atoms with Crippen molar-refractivity contribution < 1.29 is 9.59 Å². The normalized spacial score (nSPS) is 24.1. The van der Waals surface area contributed by atoms with Crippen LogP contribution >= 0.6 is 0 Å². The summed E-state index contributed by atoms with van der Waals surface area (Å²) < 4.78 is 0. The zero-order valence-corrected chi connectivity index (χ0v) is 14.9. The van der Waals surface area contributed by atoms with E-state index >= 15 is 0 Å². The number of anilines is 1. The molecule has 2 fully saturated rings. The highest BCUT2D eigenvalue weighted by atomic mass is 16.2. The second-order valence-corrected chi connectivity index (χ2v) is 7.40. The lowest BCUT2D eigenvalue weighted by Gasteiger charge is -2.39. The van der Waals surface area contributed by atoms with Crippen molar-refractivity contribution >= 4 is 17.8 Å². The Labute approximate surface area is 156 Å². The standard InChI is InChI=1S/C19H20N6O2/c26-17-19(24-18(27)23-17)7-2-10-25(11-19)16-13-3-1-4-14(13)21-15(22-16)12-5-8-20-9-6-12/h5-6,8-9H,1-4,7,10-11H2,(H2,23,24,26,27). The summed E-state index contributed by atoms with van der Waals surface area (Å²) in [5.74, 6) is 1.35. The lowest BCUT2D eigenvalue weighted by molar-refractivity contribution is -0.124. The third kappa shape index (κ3) is 2.63. The predicted molar refractivity (Wildman–Crippen MR) is 98.1 cm³/mol. The van der Waals surface area contributed by atoms with Gasteiger partial charge in [0, 0.05) is 35.8 Å². The molecule has 3 aliphatic rings. The van der Waals surface area contributed by atoms with Crippen LogP contribution in [0.4, 0.5) is 10.6 Å². The van der Waals surface area contributed by atoms with Crippen LogP contribution in [-0.2, 0) is 17.6 Å². The van der Waals surface area contributed by atoms with Crippen LogP contribution in [0.2, 0.25) is 0 Å². The molecule has 8 heteroatoms. The van der Waals surface area contributed by atoms with Gasteiger partial charge in [-0.1, -0.05) is 0 Å². The molecule has 0 saturated carbocycles. The second-order valence-electron chi connectivity index (χ2n) is 7.40. The fourth-order valence-electron chi connectivity index (χ4n) is 4.36. The summed E-state index contributed by atoms with van der Waals surface area (Å²) in [6.45, 7) is 1.24. The highest BCUT2D eigenvalue weighted by Gasteiger charge is 2.49. The first-order valence-corrected chi connectivity index (χ1v) is 9.33. The molecule has 1 unspecified atom stereocenters. The van der Waals surface area contributed by atoms with E-state index in [1.54, 1.807) is 12.4 Å². The number of hydrogen-bond acceptors (Lipinski definition) is 6. The van der Waals surface area contributed by atoms with E-state index in [1.165, 1.54) is 5.56 Å². The fraction of sp³-hybridized carbons (Fsp3) is 0.421. The van der Waals surface area contributed by atoms with Gasteiger partial charge in [-0.05, 0) is 44.2 Å². The van der Waals surface area contributed by atoms with E-state index in [-0.39, 0.29) is 5.91 Å². The molecule has 27 heavy (non-hydrogen) atoms. The number of nitrogens with zero attached hydrogens (tertiary/aromatic N) is 4. The number of carbonyl (C=O) groups is 2. The number of piperidine rings is 1. The quantitative estimate of drug-likeness (QED) is 0.777. The average molecular weight is 364 g/mol. The lowest BCUT2D eigenvalue weighted by atomic mass is 9.89. The van der Waals surface area contributed by atoms with Crippen LogP contribution in [0.1, 0.15) is 30.5 Å². The summed E-state index contributed by atoms with van der Waals surface area (Å²) >= 11 is 0. The molecule has 3 amide bonds. The van der Waals surface area contributed by atoms with Gasteiger partial charge >= 0.3 is 6.03 Å². The number of fused-ring (bicyclic) bond motifs is 1. The molecule has 2 saturated heterocycles. The first-order valence-electron chi connectivity index (χ1n) is 9.33. The zero-order chi connectivity index (χ0) is 18.4. The number of nitrogens with one attached hydrogen (secondary N) is 2. The van der Waals surface area contributed by atoms with E-state index in [2.05, 4.69) is 20.5 Å². The Balaban J connectivity index is 1.55. The molecule has 0 aromatic carbocycles. The van der Waals surface area contributed by atoms with E-state index < -0.39 is 11.6 Å². The minimum atomic E-state index is -0.859. The molecule has 5 rings (SSSR count). The molecule has 0 radical (unpaired) electrons. The summed E-state index contributed by atoms with van der Waals surface area (Å²) in [5, 5.41) is 5.22. The SMILES string of the molecule is O=C1NC(=O)C2(CCCN(c3nc(-c4ccncc4)nc4c3CCC4)C2)N1. The predicted octanol–water partition coefficient (Wildman–Crippen LogP) is 1.21. The average Bonchev–Trinajstić information content (AvgIpc) is 3.26. The minimum Gasteiger partial charge on any atom is -0.353 e. The van der Waals surface area contributed by atoms with Gasteiger partial charge in [0.1, 0.15) is 11.4 Å². The van der Waals surface area contributed by atoms with Gasteiger partial charge in [0.25, 0.3) is 5.91 Å². The van der Waals surface area contributed by atoms with Gasteiger partial charge in [-0.3, -0.25) is 15.1 Å². The first kappa shape index (κ1) is 16.2. The Bertz CT molecular complexity index is 931. The van der Waals surface area contributed by atoms with E-state index in [0.717, 1.165) is 49.3 Å². The maximum atomic E-state index is 12.4. The maximum absolute atomic E-state index is 12.4. The molecule has 1 spiro atoms. The van der Waals surface area contributed by atoms with Crippen LogP contribution < -0.4 is 15.5 Å². The van der Waals surface area contributed by atoms with Gasteiger partial charge < -0.3 is 10.2 Å². The van der Waals surface area contributed by atoms with Crippen LogP contribution in [0.15, 0.2) is 24.5 Å². The summed E-state index contributed by atoms with van der Waals surface area (Å²) in [7, 11) is 0. The molecule has 2 aromatic rings. The monoisotopic (exact) mass is 364 g/mol. The van der Waals surface area contributed by atoms with Gasteiger partial charge in [-0.15, -0.1) is 0 Å². The van der Waals surface area contributed by atoms with Crippen molar-refractivity contribution in [1.29, 1.82) is 0 Å². The molecule has 138 valence electrons. The van der Waals surface area contributed by atoms with E-state index in [1.807, 2.05) is 12.1 Å². The molecular formula is C19H20N6O2. The van der Waals surface area contributed by atoms with Crippen LogP contribution in [-0.4, -0.2) is 45.5 Å². The van der Waals surface area contributed by atoms with Crippen molar-refractivity contribution in [3.8, 4) is 11.4 Å². The smallest absolute Gasteiger partial charge is 0.322 e. The van der Waals surface area contributed by atoms with Crippen molar-refractivity contribution in [2.45, 2.75) is 37.6 Å². The van der Waals surface area contributed by atoms with Crippen molar-refractivity contribution in [3.05, 3.63) is 35.8 Å². The summed E-state index contributed by atoms with van der Waals surface area (Å²) in [6.07, 6.45) is 7.89. The van der Waals surface area contributed by atoms with Gasteiger partial charge in [0.2, 0.25) is 0 Å². The number of amides is 3. The number of urea groups is 1. The highest BCUT2D eigenvalue weighted by Crippen LogP contribution is 2.35. The van der Waals surface area contributed by atoms with Crippen LogP contribution in [0.5, 0.6) is 0 Å². The van der Waals surface area contributed by atoms with Crippen molar-refractivity contribution in [2.75, 3.05) is 18.0 Å². The number of rotatable bonds is 2. The minimum absolute atomic E-state index is 0.239. The molecule has 2 aliphatic heterocycles. The Kier molecular flexibility index (Phi) is 3.60. The fourth-order valence-corrected chi connectivity index (χ4v) is 4.36. The van der Waals surface area contributed by atoms with Crippen molar-refractivity contribution in [2.24, 2.45) is 0 Å². The summed E-state index contributed by atoms with van der Waals surface area (Å²) in [5.41, 5.74) is 2.34. The summed E-state index contributed by atoms with van der Waals surface area (Å²) in [4.78, 5) is 40.0.